The van der Waals surface area contributed by atoms with Crippen molar-refractivity contribution in [1.82, 2.24) is 14.5 Å². The summed E-state index contributed by atoms with van der Waals surface area (Å²) in [6, 6.07) is 8.33. The summed E-state index contributed by atoms with van der Waals surface area (Å²) in [4.78, 5) is 6.63. The van der Waals surface area contributed by atoms with Crippen LogP contribution in [0.25, 0.3) is 23.2 Å². The zero-order valence-corrected chi connectivity index (χ0v) is 14.7. The van der Waals surface area contributed by atoms with E-state index in [9.17, 15) is 0 Å². The predicted octanol–water partition coefficient (Wildman–Crippen LogP) is 4.61. The number of aryl methyl sites for hydroxylation is 1. The molecule has 0 bridgehead atoms. The van der Waals surface area contributed by atoms with E-state index < -0.39 is 0 Å². The summed E-state index contributed by atoms with van der Waals surface area (Å²) in [7, 11) is 2.17. The van der Waals surface area contributed by atoms with E-state index in [1.54, 1.807) is 0 Å². The molecule has 0 spiro atoms. The fraction of sp³-hybridized carbons (Fsp3) is 0.250. The third kappa shape index (κ3) is 2.74. The topological polar surface area (TPSA) is 21.1 Å². The maximum absolute atomic E-state index is 6.25. The van der Waals surface area contributed by atoms with E-state index in [-0.39, 0.29) is 0 Å². The first-order valence-corrected chi connectivity index (χ1v) is 8.59. The van der Waals surface area contributed by atoms with Crippen molar-refractivity contribution in [2.75, 3.05) is 13.6 Å². The number of likely N-dealkylation sites (N-methyl/N-ethyl adjacent to an activating group) is 1. The second kappa shape index (κ2) is 6.08. The molecule has 24 heavy (non-hydrogen) atoms. The Balaban J connectivity index is 1.86. The molecular formula is C20H20ClN3. The normalized spacial score (nSPS) is 15.3. The second-order valence-electron chi connectivity index (χ2n) is 6.56. The zero-order chi connectivity index (χ0) is 16.7. The molecule has 0 atom stereocenters. The first-order valence-electron chi connectivity index (χ1n) is 8.21. The van der Waals surface area contributed by atoms with Crippen LogP contribution < -0.4 is 0 Å². The first-order chi connectivity index (χ1) is 11.6. The molecule has 0 radical (unpaired) electrons. The molecule has 0 aliphatic carbocycles. The number of hydrogen-bond acceptors (Lipinski definition) is 2. The second-order valence-corrected chi connectivity index (χ2v) is 6.99. The Labute approximate surface area is 147 Å². The summed E-state index contributed by atoms with van der Waals surface area (Å²) in [5.41, 5.74) is 6.30. The van der Waals surface area contributed by atoms with Crippen LogP contribution in [-0.2, 0) is 13.0 Å². The van der Waals surface area contributed by atoms with Gasteiger partial charge in [0.1, 0.15) is 0 Å². The van der Waals surface area contributed by atoms with E-state index >= 15 is 0 Å². The highest BCUT2D eigenvalue weighted by Crippen LogP contribution is 2.32. The SMILES string of the molecule is Cc1cncc(/C=C/n2c3c(c4cc(Cl)ccc42)CN(C)CC3)c1. The Hall–Kier alpha value is -2.10. The summed E-state index contributed by atoms with van der Waals surface area (Å²) < 4.78 is 2.32. The van der Waals surface area contributed by atoms with Crippen molar-refractivity contribution in [3.63, 3.8) is 0 Å². The number of benzene rings is 1. The molecule has 3 aromatic rings. The minimum absolute atomic E-state index is 0.794. The highest BCUT2D eigenvalue weighted by molar-refractivity contribution is 6.31. The molecule has 1 aliphatic rings. The Morgan fingerprint density at radius 3 is 2.92 bits per heavy atom. The van der Waals surface area contributed by atoms with Gasteiger partial charge in [0.15, 0.2) is 0 Å². The van der Waals surface area contributed by atoms with Crippen molar-refractivity contribution in [2.45, 2.75) is 19.9 Å². The monoisotopic (exact) mass is 337 g/mol. The van der Waals surface area contributed by atoms with E-state index in [4.69, 9.17) is 11.6 Å². The third-order valence-electron chi connectivity index (χ3n) is 4.65. The lowest BCUT2D eigenvalue weighted by Gasteiger charge is -2.23. The van der Waals surface area contributed by atoms with Crippen LogP contribution in [0.3, 0.4) is 0 Å². The highest BCUT2D eigenvalue weighted by Gasteiger charge is 2.21. The van der Waals surface area contributed by atoms with Crippen LogP contribution in [0.5, 0.6) is 0 Å². The lowest BCUT2D eigenvalue weighted by atomic mass is 10.1. The highest BCUT2D eigenvalue weighted by atomic mass is 35.5. The van der Waals surface area contributed by atoms with Gasteiger partial charge in [-0.25, -0.2) is 0 Å². The van der Waals surface area contributed by atoms with Crippen molar-refractivity contribution < 1.29 is 0 Å². The summed E-state index contributed by atoms with van der Waals surface area (Å²) in [6.07, 6.45) is 9.12. The fourth-order valence-electron chi connectivity index (χ4n) is 3.50. The van der Waals surface area contributed by atoms with E-state index in [0.717, 1.165) is 30.1 Å². The van der Waals surface area contributed by atoms with Crippen LogP contribution in [0.15, 0.2) is 36.7 Å². The van der Waals surface area contributed by atoms with Crippen LogP contribution in [0.1, 0.15) is 22.4 Å². The van der Waals surface area contributed by atoms with Crippen LogP contribution in [-0.4, -0.2) is 28.0 Å². The van der Waals surface area contributed by atoms with Crippen molar-refractivity contribution in [2.24, 2.45) is 0 Å². The van der Waals surface area contributed by atoms with Crippen LogP contribution >= 0.6 is 11.6 Å². The summed E-state index contributed by atoms with van der Waals surface area (Å²) in [5, 5.41) is 2.05. The Morgan fingerprint density at radius 1 is 1.21 bits per heavy atom. The number of pyridine rings is 1. The van der Waals surface area contributed by atoms with E-state index in [2.05, 4.69) is 58.9 Å². The lowest BCUT2D eigenvalue weighted by molar-refractivity contribution is 0.312. The Morgan fingerprint density at radius 2 is 2.08 bits per heavy atom. The third-order valence-corrected chi connectivity index (χ3v) is 4.89. The summed E-state index contributed by atoms with van der Waals surface area (Å²) in [6.45, 7) is 4.12. The van der Waals surface area contributed by atoms with Crippen molar-refractivity contribution >= 4 is 34.8 Å². The minimum Gasteiger partial charge on any atom is -0.320 e. The predicted molar refractivity (Wildman–Crippen MR) is 101 cm³/mol. The average Bonchev–Trinajstić information content (AvgIpc) is 2.85. The van der Waals surface area contributed by atoms with Crippen molar-refractivity contribution in [3.8, 4) is 0 Å². The standard InChI is InChI=1S/C20H20ClN3/c1-14-9-15(12-22-11-14)5-8-24-19-4-3-16(21)10-17(19)18-13-23(2)7-6-20(18)24/h3-5,8-12H,6-7,13H2,1-2H3/b8-5+. The summed E-state index contributed by atoms with van der Waals surface area (Å²) in [5.74, 6) is 0. The number of halogens is 1. The molecule has 1 aliphatic heterocycles. The molecule has 0 saturated carbocycles. The minimum atomic E-state index is 0.794. The maximum Gasteiger partial charge on any atom is 0.0529 e. The largest absolute Gasteiger partial charge is 0.320 e. The molecule has 4 rings (SSSR count). The van der Waals surface area contributed by atoms with Gasteiger partial charge in [-0.05, 0) is 61.0 Å². The Kier molecular flexibility index (Phi) is 3.91. The van der Waals surface area contributed by atoms with E-state index in [1.165, 1.54) is 27.7 Å². The molecule has 122 valence electrons. The molecule has 0 unspecified atom stereocenters. The van der Waals surface area contributed by atoms with Gasteiger partial charge in [0, 0.05) is 54.2 Å². The molecule has 3 heterocycles. The quantitative estimate of drug-likeness (QED) is 0.680. The molecule has 2 aromatic heterocycles. The summed E-state index contributed by atoms with van der Waals surface area (Å²) >= 11 is 6.25. The lowest BCUT2D eigenvalue weighted by Crippen LogP contribution is -2.26. The van der Waals surface area contributed by atoms with Gasteiger partial charge in [-0.3, -0.25) is 4.98 Å². The van der Waals surface area contributed by atoms with Gasteiger partial charge in [0.2, 0.25) is 0 Å². The number of hydrogen-bond donors (Lipinski definition) is 0. The van der Waals surface area contributed by atoms with Gasteiger partial charge >= 0.3 is 0 Å². The molecule has 0 saturated heterocycles. The first kappa shape index (κ1) is 15.4. The molecule has 4 heteroatoms. The Bertz CT molecular complexity index is 939. The molecule has 0 N–H and O–H groups in total. The van der Waals surface area contributed by atoms with E-state index in [0.29, 0.717) is 0 Å². The molecule has 0 amide bonds. The number of rotatable bonds is 2. The molecule has 1 aromatic carbocycles. The van der Waals surface area contributed by atoms with Crippen LogP contribution in [0.2, 0.25) is 5.02 Å². The average molecular weight is 338 g/mol. The molecule has 3 nitrogen and oxygen atoms in total. The number of nitrogens with zero attached hydrogens (tertiary/aromatic N) is 3. The van der Waals surface area contributed by atoms with Gasteiger partial charge < -0.3 is 9.47 Å². The van der Waals surface area contributed by atoms with E-state index in [1.807, 2.05) is 18.5 Å². The van der Waals surface area contributed by atoms with Gasteiger partial charge in [-0.15, -0.1) is 0 Å². The van der Waals surface area contributed by atoms with Gasteiger partial charge in [-0.1, -0.05) is 11.6 Å². The fourth-order valence-corrected chi connectivity index (χ4v) is 3.67. The van der Waals surface area contributed by atoms with Crippen LogP contribution in [0, 0.1) is 6.92 Å². The van der Waals surface area contributed by atoms with Gasteiger partial charge in [0.05, 0.1) is 5.52 Å². The van der Waals surface area contributed by atoms with Crippen molar-refractivity contribution in [1.29, 1.82) is 0 Å². The zero-order valence-electron chi connectivity index (χ0n) is 14.0. The van der Waals surface area contributed by atoms with Crippen LogP contribution in [0.4, 0.5) is 0 Å². The molecular weight excluding hydrogens is 318 g/mol. The number of aromatic nitrogens is 2. The maximum atomic E-state index is 6.25. The van der Waals surface area contributed by atoms with Crippen molar-refractivity contribution in [3.05, 3.63) is 64.1 Å². The van der Waals surface area contributed by atoms with Gasteiger partial charge in [-0.2, -0.15) is 0 Å². The number of fused-ring (bicyclic) bond motifs is 3. The smallest absolute Gasteiger partial charge is 0.0529 e. The van der Waals surface area contributed by atoms with Gasteiger partial charge in [0.25, 0.3) is 0 Å². The molecule has 0 fully saturated rings.